The predicted molar refractivity (Wildman–Crippen MR) is 89.6 cm³/mol. The van der Waals surface area contributed by atoms with Gasteiger partial charge in [-0.2, -0.15) is 0 Å². The molecule has 0 spiro atoms. The smallest absolute Gasteiger partial charge is 0.125 e. The third kappa shape index (κ3) is 2.85. The number of fused-ring (bicyclic) bond motifs is 1. The number of hydrogen-bond donors (Lipinski definition) is 1. The molecule has 0 bridgehead atoms. The molecule has 21 heavy (non-hydrogen) atoms. The van der Waals surface area contributed by atoms with Gasteiger partial charge in [0.15, 0.2) is 0 Å². The van der Waals surface area contributed by atoms with Crippen LogP contribution in [-0.2, 0) is 0 Å². The van der Waals surface area contributed by atoms with Crippen LogP contribution in [0.4, 0.5) is 0 Å². The number of hydrogen-bond acceptors (Lipinski definition) is 2. The zero-order valence-electron chi connectivity index (χ0n) is 12.6. The molecular weight excluding hydrogens is 326 g/mol. The molecule has 1 unspecified atom stereocenters. The van der Waals surface area contributed by atoms with Crippen molar-refractivity contribution in [1.29, 1.82) is 0 Å². The van der Waals surface area contributed by atoms with Crippen molar-refractivity contribution in [3.8, 4) is 5.75 Å². The first-order valence-corrected chi connectivity index (χ1v) is 8.06. The van der Waals surface area contributed by atoms with Gasteiger partial charge in [-0.25, -0.2) is 0 Å². The third-order valence-corrected chi connectivity index (χ3v) is 4.56. The first-order valence-electron chi connectivity index (χ1n) is 7.27. The summed E-state index contributed by atoms with van der Waals surface area (Å²) in [4.78, 5) is 0. The van der Waals surface area contributed by atoms with Crippen LogP contribution < -0.4 is 10.1 Å². The van der Waals surface area contributed by atoms with Gasteiger partial charge in [0.25, 0.3) is 0 Å². The summed E-state index contributed by atoms with van der Waals surface area (Å²) < 4.78 is 7.20. The Bertz CT molecular complexity index is 653. The van der Waals surface area contributed by atoms with Crippen LogP contribution in [0.5, 0.6) is 5.75 Å². The van der Waals surface area contributed by atoms with Crippen LogP contribution in [-0.4, -0.2) is 5.60 Å². The van der Waals surface area contributed by atoms with Crippen LogP contribution in [0.1, 0.15) is 44.0 Å². The van der Waals surface area contributed by atoms with Crippen molar-refractivity contribution in [1.82, 2.24) is 5.32 Å². The highest BCUT2D eigenvalue weighted by Crippen LogP contribution is 2.43. The summed E-state index contributed by atoms with van der Waals surface area (Å²) in [5, 5.41) is 3.72. The lowest BCUT2D eigenvalue weighted by Gasteiger charge is -2.30. The second kappa shape index (κ2) is 5.47. The molecule has 2 aromatic rings. The molecular formula is C18H20BrNO. The Balaban J connectivity index is 1.87. The van der Waals surface area contributed by atoms with E-state index in [2.05, 4.69) is 72.3 Å². The maximum absolute atomic E-state index is 6.10. The van der Waals surface area contributed by atoms with Crippen molar-refractivity contribution < 1.29 is 4.74 Å². The second-order valence-corrected chi connectivity index (χ2v) is 7.04. The van der Waals surface area contributed by atoms with Crippen LogP contribution >= 0.6 is 15.9 Å². The van der Waals surface area contributed by atoms with Crippen LogP contribution in [0.25, 0.3) is 0 Å². The molecule has 0 saturated heterocycles. The number of ether oxygens (including phenoxy) is 1. The molecule has 2 aromatic carbocycles. The summed E-state index contributed by atoms with van der Waals surface area (Å²) in [7, 11) is 0. The summed E-state index contributed by atoms with van der Waals surface area (Å²) in [6, 6.07) is 17.2. The quantitative estimate of drug-likeness (QED) is 0.843. The van der Waals surface area contributed by atoms with E-state index in [0.717, 1.165) is 10.2 Å². The number of halogens is 1. The summed E-state index contributed by atoms with van der Waals surface area (Å²) in [6.45, 7) is 6.47. The molecule has 1 N–H and O–H groups in total. The lowest BCUT2D eigenvalue weighted by Crippen LogP contribution is -2.40. The van der Waals surface area contributed by atoms with Crippen LogP contribution in [0.15, 0.2) is 53.0 Å². The lowest BCUT2D eigenvalue weighted by atomic mass is 9.93. The Morgan fingerprint density at radius 1 is 1.14 bits per heavy atom. The summed E-state index contributed by atoms with van der Waals surface area (Å²) in [5.41, 5.74) is 2.26. The van der Waals surface area contributed by atoms with E-state index in [0.29, 0.717) is 0 Å². The van der Waals surface area contributed by atoms with E-state index >= 15 is 0 Å². The van der Waals surface area contributed by atoms with Gasteiger partial charge in [0.2, 0.25) is 0 Å². The van der Waals surface area contributed by atoms with Crippen LogP contribution in [0, 0.1) is 0 Å². The van der Waals surface area contributed by atoms with Crippen LogP contribution in [0.3, 0.4) is 0 Å². The highest BCUT2D eigenvalue weighted by molar-refractivity contribution is 9.10. The fourth-order valence-electron chi connectivity index (χ4n) is 2.94. The van der Waals surface area contributed by atoms with Crippen molar-refractivity contribution in [3.63, 3.8) is 0 Å². The van der Waals surface area contributed by atoms with Crippen molar-refractivity contribution in [2.75, 3.05) is 0 Å². The Morgan fingerprint density at radius 2 is 1.90 bits per heavy atom. The van der Waals surface area contributed by atoms with Gasteiger partial charge in [-0.15, -0.1) is 0 Å². The Morgan fingerprint density at radius 3 is 2.67 bits per heavy atom. The minimum absolute atomic E-state index is 0.183. The minimum atomic E-state index is -0.246. The maximum Gasteiger partial charge on any atom is 0.125 e. The molecule has 110 valence electrons. The fraction of sp³-hybridized carbons (Fsp3) is 0.333. The summed E-state index contributed by atoms with van der Waals surface area (Å²) >= 11 is 3.54. The molecule has 0 aromatic heterocycles. The average Bonchev–Trinajstić information content (AvgIpc) is 2.69. The molecule has 0 radical (unpaired) electrons. The van der Waals surface area contributed by atoms with Gasteiger partial charge in [0.05, 0.1) is 6.04 Å². The molecule has 3 rings (SSSR count). The molecule has 1 heterocycles. The van der Waals surface area contributed by atoms with Gasteiger partial charge in [-0.1, -0.05) is 46.3 Å². The van der Waals surface area contributed by atoms with E-state index in [1.165, 1.54) is 11.1 Å². The first-order chi connectivity index (χ1) is 9.97. The zero-order valence-corrected chi connectivity index (χ0v) is 14.1. The summed E-state index contributed by atoms with van der Waals surface area (Å²) in [5.74, 6) is 0.987. The van der Waals surface area contributed by atoms with Crippen molar-refractivity contribution in [3.05, 3.63) is 64.1 Å². The SMILES string of the molecule is C[C@H](NC1c2ccccc2OC1(C)C)c1cccc(Br)c1. The molecule has 0 aliphatic carbocycles. The molecule has 2 nitrogen and oxygen atoms in total. The van der Waals surface area contributed by atoms with E-state index in [1.807, 2.05) is 18.2 Å². The number of para-hydroxylation sites is 1. The van der Waals surface area contributed by atoms with Gasteiger partial charge >= 0.3 is 0 Å². The minimum Gasteiger partial charge on any atom is -0.486 e. The molecule has 3 heteroatoms. The van der Waals surface area contributed by atoms with Crippen LogP contribution in [0.2, 0.25) is 0 Å². The summed E-state index contributed by atoms with van der Waals surface area (Å²) in [6.07, 6.45) is 0. The Labute approximate surface area is 134 Å². The largest absolute Gasteiger partial charge is 0.486 e. The van der Waals surface area contributed by atoms with Gasteiger partial charge in [0.1, 0.15) is 11.4 Å². The monoisotopic (exact) mass is 345 g/mol. The van der Waals surface area contributed by atoms with Gasteiger partial charge in [-0.05, 0) is 44.5 Å². The van der Waals surface area contributed by atoms with Gasteiger partial charge < -0.3 is 4.74 Å². The van der Waals surface area contributed by atoms with Crippen molar-refractivity contribution in [2.45, 2.75) is 38.5 Å². The van der Waals surface area contributed by atoms with Crippen molar-refractivity contribution in [2.24, 2.45) is 0 Å². The third-order valence-electron chi connectivity index (χ3n) is 4.06. The Hall–Kier alpha value is -1.32. The maximum atomic E-state index is 6.10. The number of rotatable bonds is 3. The van der Waals surface area contributed by atoms with E-state index in [9.17, 15) is 0 Å². The highest BCUT2D eigenvalue weighted by Gasteiger charge is 2.41. The predicted octanol–water partition coefficient (Wildman–Crippen LogP) is 5.01. The molecule has 0 fully saturated rings. The molecule has 1 aliphatic heterocycles. The van der Waals surface area contributed by atoms with E-state index in [-0.39, 0.29) is 17.7 Å². The number of benzene rings is 2. The highest BCUT2D eigenvalue weighted by atomic mass is 79.9. The first kappa shape index (κ1) is 14.6. The molecule has 1 aliphatic rings. The normalized spacial score (nSPS) is 20.7. The van der Waals surface area contributed by atoms with Crippen molar-refractivity contribution >= 4 is 15.9 Å². The van der Waals surface area contributed by atoms with E-state index < -0.39 is 0 Å². The van der Waals surface area contributed by atoms with Gasteiger partial charge in [0, 0.05) is 16.1 Å². The second-order valence-electron chi connectivity index (χ2n) is 6.12. The molecule has 0 amide bonds. The Kier molecular flexibility index (Phi) is 3.80. The standard InChI is InChI=1S/C18H20BrNO/c1-12(13-7-6-8-14(19)11-13)20-17-15-9-4-5-10-16(15)21-18(17,2)3/h4-12,17,20H,1-3H3/t12-,17?/m0/s1. The fourth-order valence-corrected chi connectivity index (χ4v) is 3.36. The zero-order chi connectivity index (χ0) is 15.0. The van der Waals surface area contributed by atoms with Gasteiger partial charge in [-0.3, -0.25) is 5.32 Å². The lowest BCUT2D eigenvalue weighted by molar-refractivity contribution is 0.0919. The average molecular weight is 346 g/mol. The van der Waals surface area contributed by atoms with E-state index in [4.69, 9.17) is 4.74 Å². The topological polar surface area (TPSA) is 21.3 Å². The molecule has 0 saturated carbocycles. The molecule has 2 atom stereocenters. The van der Waals surface area contributed by atoms with E-state index in [1.54, 1.807) is 0 Å². The number of nitrogens with one attached hydrogen (secondary N) is 1.